The molecule has 0 fully saturated rings. The Hall–Kier alpha value is -1.74. The maximum absolute atomic E-state index is 12.9. The third-order valence-electron chi connectivity index (χ3n) is 6.68. The number of hydrogen-bond donors (Lipinski definition) is 1. The van der Waals surface area contributed by atoms with E-state index in [-0.39, 0.29) is 16.2 Å². The maximum Gasteiger partial charge on any atom is 0.225 e. The molecule has 0 atom stereocenters. The van der Waals surface area contributed by atoms with Gasteiger partial charge in [0, 0.05) is 13.0 Å². The molecule has 2 N–H and O–H groups in total. The number of imidazole rings is 1. The Bertz CT molecular complexity index is 1070. The van der Waals surface area contributed by atoms with Crippen LogP contribution in [-0.2, 0) is 21.2 Å². The van der Waals surface area contributed by atoms with Crippen molar-refractivity contribution in [2.75, 3.05) is 0 Å². The van der Waals surface area contributed by atoms with Gasteiger partial charge < -0.3 is 10.3 Å². The number of aromatic nitrogens is 4. The van der Waals surface area contributed by atoms with Gasteiger partial charge >= 0.3 is 0 Å². The zero-order chi connectivity index (χ0) is 26.6. The Kier molecular flexibility index (Phi) is 13.1. The van der Waals surface area contributed by atoms with E-state index in [2.05, 4.69) is 15.0 Å². The first-order chi connectivity index (χ1) is 17.1. The molecule has 2 aromatic heterocycles. The third kappa shape index (κ3) is 9.61. The Morgan fingerprint density at radius 3 is 1.78 bits per heavy atom. The number of aryl methyl sites for hydroxylation is 2. The van der Waals surface area contributed by atoms with Crippen molar-refractivity contribution in [2.45, 2.75) is 134 Å². The second-order valence-corrected chi connectivity index (χ2v) is 12.8. The SMILES string of the molecule is Cc1nc2nc(Cl)nc(S(=O)(=O)C(C)C)c2n1CCCCCCCCCCCCCCCCC(N)=O. The van der Waals surface area contributed by atoms with Crippen LogP contribution in [0.1, 0.15) is 116 Å². The van der Waals surface area contributed by atoms with Gasteiger partial charge in [0.25, 0.3) is 0 Å². The van der Waals surface area contributed by atoms with E-state index >= 15 is 0 Å². The molecule has 8 nitrogen and oxygen atoms in total. The number of carbonyl (C=O) groups is 1. The summed E-state index contributed by atoms with van der Waals surface area (Å²) in [5, 5.41) is -0.713. The number of primary amides is 1. The van der Waals surface area contributed by atoms with Gasteiger partial charge in [-0.25, -0.2) is 18.4 Å². The van der Waals surface area contributed by atoms with Crippen LogP contribution in [0.25, 0.3) is 11.2 Å². The van der Waals surface area contributed by atoms with E-state index in [0.717, 1.165) is 31.5 Å². The zero-order valence-corrected chi connectivity index (χ0v) is 23.8. The van der Waals surface area contributed by atoms with E-state index in [1.54, 1.807) is 13.8 Å². The molecule has 0 unspecified atom stereocenters. The quantitative estimate of drug-likeness (QED) is 0.126. The van der Waals surface area contributed by atoms with Gasteiger partial charge in [0.2, 0.25) is 11.2 Å². The molecule has 2 rings (SSSR count). The van der Waals surface area contributed by atoms with Crippen molar-refractivity contribution in [1.82, 2.24) is 19.5 Å². The van der Waals surface area contributed by atoms with Crippen LogP contribution >= 0.6 is 11.6 Å². The van der Waals surface area contributed by atoms with Gasteiger partial charge in [0.05, 0.1) is 5.25 Å². The summed E-state index contributed by atoms with van der Waals surface area (Å²) in [6, 6.07) is 0. The summed E-state index contributed by atoms with van der Waals surface area (Å²) in [5.41, 5.74) is 5.96. The third-order valence-corrected chi connectivity index (χ3v) is 8.91. The first kappa shape index (κ1) is 30.5. The summed E-state index contributed by atoms with van der Waals surface area (Å²) in [5.74, 6) is 0.540. The van der Waals surface area contributed by atoms with E-state index in [1.807, 2.05) is 11.5 Å². The van der Waals surface area contributed by atoms with E-state index < -0.39 is 15.1 Å². The predicted molar refractivity (Wildman–Crippen MR) is 146 cm³/mol. The van der Waals surface area contributed by atoms with Crippen LogP contribution in [0.15, 0.2) is 5.03 Å². The lowest BCUT2D eigenvalue weighted by Gasteiger charge is -2.12. The Labute approximate surface area is 221 Å². The number of amides is 1. The highest BCUT2D eigenvalue weighted by atomic mass is 35.5. The van der Waals surface area contributed by atoms with Gasteiger partial charge in [0.15, 0.2) is 20.5 Å². The van der Waals surface area contributed by atoms with Crippen molar-refractivity contribution in [3.05, 3.63) is 11.1 Å². The lowest BCUT2D eigenvalue weighted by Crippen LogP contribution is -2.18. The molecule has 0 spiro atoms. The first-order valence-electron chi connectivity index (χ1n) is 13.6. The number of rotatable bonds is 19. The summed E-state index contributed by atoms with van der Waals surface area (Å²) >= 11 is 6.00. The van der Waals surface area contributed by atoms with Crippen LogP contribution in [0.4, 0.5) is 0 Å². The molecule has 204 valence electrons. The number of fused-ring (bicyclic) bond motifs is 1. The van der Waals surface area contributed by atoms with Gasteiger partial charge in [0.1, 0.15) is 11.3 Å². The van der Waals surface area contributed by atoms with E-state index in [4.69, 9.17) is 17.3 Å². The largest absolute Gasteiger partial charge is 0.370 e. The number of hydrogen-bond acceptors (Lipinski definition) is 6. The molecule has 2 aromatic rings. The highest BCUT2D eigenvalue weighted by Gasteiger charge is 2.28. The summed E-state index contributed by atoms with van der Waals surface area (Å²) in [6.45, 7) is 5.84. The van der Waals surface area contributed by atoms with Crippen molar-refractivity contribution in [1.29, 1.82) is 0 Å². The lowest BCUT2D eigenvalue weighted by atomic mass is 10.0. The van der Waals surface area contributed by atoms with Gasteiger partial charge in [-0.1, -0.05) is 77.0 Å². The van der Waals surface area contributed by atoms with Crippen molar-refractivity contribution >= 4 is 38.5 Å². The summed E-state index contributed by atoms with van der Waals surface area (Å²) < 4.78 is 27.7. The summed E-state index contributed by atoms with van der Waals surface area (Å²) in [4.78, 5) is 23.4. The average Bonchev–Trinajstić information content (AvgIpc) is 3.12. The molecule has 2 heterocycles. The highest BCUT2D eigenvalue weighted by Crippen LogP contribution is 2.26. The fraction of sp³-hybridized carbons (Fsp3) is 0.769. The van der Waals surface area contributed by atoms with Crippen molar-refractivity contribution < 1.29 is 13.2 Å². The molecule has 0 aliphatic carbocycles. The average molecular weight is 542 g/mol. The second-order valence-electron chi connectivity index (χ2n) is 10.0. The summed E-state index contributed by atoms with van der Waals surface area (Å²) in [7, 11) is -3.61. The highest BCUT2D eigenvalue weighted by molar-refractivity contribution is 7.92. The molecule has 0 radical (unpaired) electrons. The van der Waals surface area contributed by atoms with Crippen molar-refractivity contribution in [3.63, 3.8) is 0 Å². The first-order valence-corrected chi connectivity index (χ1v) is 15.5. The predicted octanol–water partition coefficient (Wildman–Crippen LogP) is 6.31. The molecule has 1 amide bonds. The molecule has 0 aliphatic heterocycles. The molecule has 0 bridgehead atoms. The fourth-order valence-electron chi connectivity index (χ4n) is 4.47. The van der Waals surface area contributed by atoms with E-state index in [1.165, 1.54) is 64.2 Å². The number of sulfone groups is 1. The molecule has 0 saturated carbocycles. The van der Waals surface area contributed by atoms with Gasteiger partial charge in [-0.15, -0.1) is 0 Å². The van der Waals surface area contributed by atoms with Crippen LogP contribution in [0.2, 0.25) is 5.28 Å². The van der Waals surface area contributed by atoms with Crippen LogP contribution in [-0.4, -0.2) is 39.1 Å². The van der Waals surface area contributed by atoms with E-state index in [0.29, 0.717) is 24.1 Å². The molecular weight excluding hydrogens is 498 g/mol. The van der Waals surface area contributed by atoms with Crippen molar-refractivity contribution in [3.8, 4) is 0 Å². The second kappa shape index (κ2) is 15.5. The minimum Gasteiger partial charge on any atom is -0.370 e. The van der Waals surface area contributed by atoms with Gasteiger partial charge in [-0.2, -0.15) is 4.98 Å². The minimum absolute atomic E-state index is 0.0174. The van der Waals surface area contributed by atoms with Crippen LogP contribution < -0.4 is 5.73 Å². The molecule has 0 aliphatic rings. The minimum atomic E-state index is -3.61. The maximum atomic E-state index is 12.9. The molecular formula is C26H44ClN5O3S. The molecule has 0 aromatic carbocycles. The number of halogens is 1. The number of unbranched alkanes of at least 4 members (excludes halogenated alkanes) is 13. The normalized spacial score (nSPS) is 12.1. The van der Waals surface area contributed by atoms with Crippen LogP contribution in [0.3, 0.4) is 0 Å². The number of nitrogens with zero attached hydrogens (tertiary/aromatic N) is 4. The molecule has 0 saturated heterocycles. The zero-order valence-electron chi connectivity index (χ0n) is 22.3. The molecule has 36 heavy (non-hydrogen) atoms. The number of nitrogens with two attached hydrogens (primary N) is 1. The number of carbonyl (C=O) groups excluding carboxylic acids is 1. The summed E-state index contributed by atoms with van der Waals surface area (Å²) in [6.07, 6.45) is 17.2. The Morgan fingerprint density at radius 2 is 1.31 bits per heavy atom. The standard InChI is InChI=1S/C26H44ClN5O3S/c1-20(2)36(34,35)25-23-24(30-26(27)31-25)29-21(3)32(23)19-17-15-13-11-9-7-5-4-6-8-10-12-14-16-18-22(28)33/h20H,4-19H2,1-3H3,(H2,28,33). The van der Waals surface area contributed by atoms with Crippen molar-refractivity contribution in [2.24, 2.45) is 5.73 Å². The van der Waals surface area contributed by atoms with Crippen LogP contribution in [0, 0.1) is 6.92 Å². The van der Waals surface area contributed by atoms with Gasteiger partial charge in [-0.05, 0) is 45.2 Å². The lowest BCUT2D eigenvalue weighted by molar-refractivity contribution is -0.118. The monoisotopic (exact) mass is 541 g/mol. The topological polar surface area (TPSA) is 121 Å². The Morgan fingerprint density at radius 1 is 0.833 bits per heavy atom. The molecule has 10 heteroatoms. The Balaban J connectivity index is 1.64. The van der Waals surface area contributed by atoms with Crippen LogP contribution in [0.5, 0.6) is 0 Å². The van der Waals surface area contributed by atoms with E-state index in [9.17, 15) is 13.2 Å². The van der Waals surface area contributed by atoms with Gasteiger partial charge in [-0.3, -0.25) is 4.79 Å². The smallest absolute Gasteiger partial charge is 0.225 e. The fourth-order valence-corrected chi connectivity index (χ4v) is 5.82.